The number of esters is 2. The summed E-state index contributed by atoms with van der Waals surface area (Å²) in [5, 5.41) is 0. The van der Waals surface area contributed by atoms with E-state index in [1.807, 2.05) is 0 Å². The van der Waals surface area contributed by atoms with Gasteiger partial charge in [-0.1, -0.05) is 12.1 Å². The Morgan fingerprint density at radius 1 is 1.25 bits per heavy atom. The van der Waals surface area contributed by atoms with E-state index in [0.29, 0.717) is 11.3 Å². The molecule has 2 heterocycles. The summed E-state index contributed by atoms with van der Waals surface area (Å²) < 4.78 is 9.46. The third kappa shape index (κ3) is 2.06. The van der Waals surface area contributed by atoms with Crippen molar-refractivity contribution in [2.75, 3.05) is 25.7 Å². The van der Waals surface area contributed by atoms with Crippen molar-refractivity contribution in [2.45, 2.75) is 18.5 Å². The molecule has 0 bridgehead atoms. The normalized spacial score (nSPS) is 22.1. The summed E-state index contributed by atoms with van der Waals surface area (Å²) in [5.74, 6) is -2.21. The summed E-state index contributed by atoms with van der Waals surface area (Å²) in [4.78, 5) is 51.5. The Morgan fingerprint density at radius 3 is 2.67 bits per heavy atom. The molecular formula is C16H16N2O6. The third-order valence-electron chi connectivity index (χ3n) is 4.42. The van der Waals surface area contributed by atoms with E-state index in [2.05, 4.69) is 4.74 Å². The van der Waals surface area contributed by atoms with E-state index >= 15 is 0 Å². The first-order valence-corrected chi connectivity index (χ1v) is 7.37. The summed E-state index contributed by atoms with van der Waals surface area (Å²) >= 11 is 0. The number of anilines is 1. The third-order valence-corrected chi connectivity index (χ3v) is 4.42. The first-order chi connectivity index (χ1) is 11.4. The van der Waals surface area contributed by atoms with Crippen molar-refractivity contribution < 1.29 is 28.7 Å². The maximum absolute atomic E-state index is 12.7. The molecule has 2 aliphatic heterocycles. The van der Waals surface area contributed by atoms with Gasteiger partial charge in [0.1, 0.15) is 0 Å². The number of benzene rings is 1. The molecule has 1 fully saturated rings. The van der Waals surface area contributed by atoms with E-state index < -0.39 is 24.2 Å². The highest BCUT2D eigenvalue weighted by molar-refractivity contribution is 6.15. The predicted octanol–water partition coefficient (Wildman–Crippen LogP) is 0.311. The van der Waals surface area contributed by atoms with Gasteiger partial charge >= 0.3 is 11.9 Å². The Kier molecular flexibility index (Phi) is 3.75. The van der Waals surface area contributed by atoms with Crippen LogP contribution in [0.2, 0.25) is 0 Å². The maximum Gasteiger partial charge on any atom is 0.354 e. The number of hydrogen-bond acceptors (Lipinski definition) is 6. The molecule has 1 saturated heterocycles. The SMILES string of the molecule is COC(=O)COC(=O)[C@]12CCC(=O)N1c1ccccc1C(=O)N2C. The zero-order valence-electron chi connectivity index (χ0n) is 13.3. The zero-order valence-corrected chi connectivity index (χ0v) is 13.3. The number of rotatable bonds is 3. The van der Waals surface area contributed by atoms with Crippen LogP contribution in [0, 0.1) is 0 Å². The highest BCUT2D eigenvalue weighted by Crippen LogP contribution is 2.44. The molecule has 1 aromatic rings. The summed E-state index contributed by atoms with van der Waals surface area (Å²) in [5.41, 5.74) is -0.860. The number of likely N-dealkylation sites (N-methyl/N-ethyl adjacent to an activating group) is 1. The Hall–Kier alpha value is -2.90. The lowest BCUT2D eigenvalue weighted by Gasteiger charge is -2.46. The largest absolute Gasteiger partial charge is 0.466 e. The number of para-hydroxylation sites is 1. The molecule has 0 saturated carbocycles. The fourth-order valence-electron chi connectivity index (χ4n) is 3.19. The van der Waals surface area contributed by atoms with Crippen molar-refractivity contribution in [3.8, 4) is 0 Å². The number of carbonyl (C=O) groups excluding carboxylic acids is 4. The Morgan fingerprint density at radius 2 is 1.96 bits per heavy atom. The van der Waals surface area contributed by atoms with Crippen LogP contribution in [-0.4, -0.2) is 55.1 Å². The number of carbonyl (C=O) groups is 4. The minimum Gasteiger partial charge on any atom is -0.466 e. The molecule has 2 aliphatic rings. The van der Waals surface area contributed by atoms with Gasteiger partial charge in [-0.15, -0.1) is 0 Å². The average Bonchev–Trinajstić information content (AvgIpc) is 2.96. The van der Waals surface area contributed by atoms with Crippen LogP contribution in [0.3, 0.4) is 0 Å². The molecule has 2 amide bonds. The van der Waals surface area contributed by atoms with Crippen molar-refractivity contribution in [2.24, 2.45) is 0 Å². The summed E-state index contributed by atoms with van der Waals surface area (Å²) in [7, 11) is 2.62. The second-order valence-corrected chi connectivity index (χ2v) is 5.58. The van der Waals surface area contributed by atoms with Gasteiger partial charge in [0.05, 0.1) is 18.4 Å². The predicted molar refractivity (Wildman–Crippen MR) is 81.0 cm³/mol. The lowest BCUT2D eigenvalue weighted by atomic mass is 9.97. The molecule has 1 aromatic carbocycles. The van der Waals surface area contributed by atoms with Gasteiger partial charge in [-0.25, -0.2) is 9.59 Å². The number of nitrogens with zero attached hydrogens (tertiary/aromatic N) is 2. The first-order valence-electron chi connectivity index (χ1n) is 7.37. The monoisotopic (exact) mass is 332 g/mol. The van der Waals surface area contributed by atoms with E-state index in [9.17, 15) is 19.2 Å². The highest BCUT2D eigenvalue weighted by atomic mass is 16.6. The Bertz CT molecular complexity index is 746. The molecule has 24 heavy (non-hydrogen) atoms. The van der Waals surface area contributed by atoms with Crippen LogP contribution in [0.15, 0.2) is 24.3 Å². The van der Waals surface area contributed by atoms with Crippen LogP contribution in [0.5, 0.6) is 0 Å². The van der Waals surface area contributed by atoms with E-state index in [1.165, 1.54) is 24.0 Å². The Labute approximate surface area is 137 Å². The topological polar surface area (TPSA) is 93.2 Å². The molecule has 126 valence electrons. The number of methoxy groups -OCH3 is 1. The lowest BCUT2D eigenvalue weighted by Crippen LogP contribution is -2.67. The van der Waals surface area contributed by atoms with Crippen molar-refractivity contribution in [1.82, 2.24) is 4.90 Å². The number of amides is 2. The number of fused-ring (bicyclic) bond motifs is 3. The molecule has 3 rings (SSSR count). The van der Waals surface area contributed by atoms with Crippen molar-refractivity contribution >= 4 is 29.4 Å². The smallest absolute Gasteiger partial charge is 0.354 e. The van der Waals surface area contributed by atoms with Gasteiger partial charge in [-0.2, -0.15) is 0 Å². The van der Waals surface area contributed by atoms with E-state index in [1.54, 1.807) is 24.3 Å². The minimum absolute atomic E-state index is 0.0965. The first kappa shape index (κ1) is 16.0. The minimum atomic E-state index is -1.57. The summed E-state index contributed by atoms with van der Waals surface area (Å²) in [6.45, 7) is -0.581. The molecule has 0 N–H and O–H groups in total. The van der Waals surface area contributed by atoms with Gasteiger partial charge in [0, 0.05) is 19.9 Å². The number of ether oxygens (including phenoxy) is 2. The van der Waals surface area contributed by atoms with Gasteiger partial charge in [0.25, 0.3) is 5.91 Å². The quantitative estimate of drug-likeness (QED) is 0.740. The van der Waals surface area contributed by atoms with Gasteiger partial charge in [0.2, 0.25) is 11.6 Å². The summed E-state index contributed by atoms with van der Waals surface area (Å²) in [6.07, 6.45) is 0.196. The maximum atomic E-state index is 12.7. The second kappa shape index (κ2) is 5.63. The van der Waals surface area contributed by atoms with Gasteiger partial charge < -0.3 is 14.4 Å². The van der Waals surface area contributed by atoms with Gasteiger partial charge in [0.15, 0.2) is 6.61 Å². The molecule has 0 unspecified atom stereocenters. The Balaban J connectivity index is 2.05. The van der Waals surface area contributed by atoms with Crippen molar-refractivity contribution in [3.05, 3.63) is 29.8 Å². The van der Waals surface area contributed by atoms with Gasteiger partial charge in [-0.3, -0.25) is 14.5 Å². The standard InChI is InChI=1S/C16H16N2O6/c1-17-14(21)10-5-3-4-6-11(10)18-12(19)7-8-16(17,18)15(22)24-9-13(20)23-2/h3-6H,7-9H2,1-2H3/t16-/m0/s1. The van der Waals surface area contributed by atoms with Crippen LogP contribution >= 0.6 is 0 Å². The zero-order chi connectivity index (χ0) is 17.5. The fourth-order valence-corrected chi connectivity index (χ4v) is 3.19. The van der Waals surface area contributed by atoms with E-state index in [-0.39, 0.29) is 24.7 Å². The lowest BCUT2D eigenvalue weighted by molar-refractivity contribution is -0.164. The van der Waals surface area contributed by atoms with Crippen molar-refractivity contribution in [1.29, 1.82) is 0 Å². The second-order valence-electron chi connectivity index (χ2n) is 5.58. The molecule has 1 atom stereocenters. The molecule has 0 spiro atoms. The van der Waals surface area contributed by atoms with E-state index in [4.69, 9.17) is 4.74 Å². The molecule has 0 aliphatic carbocycles. The molecule has 8 nitrogen and oxygen atoms in total. The summed E-state index contributed by atoms with van der Waals surface area (Å²) in [6, 6.07) is 6.59. The average molecular weight is 332 g/mol. The van der Waals surface area contributed by atoms with Crippen LogP contribution in [0.25, 0.3) is 0 Å². The molecule has 8 heteroatoms. The fraction of sp³-hybridized carbons (Fsp3) is 0.375. The molecule has 0 aromatic heterocycles. The molecule has 0 radical (unpaired) electrons. The van der Waals surface area contributed by atoms with Gasteiger partial charge in [-0.05, 0) is 12.1 Å². The van der Waals surface area contributed by atoms with Crippen LogP contribution < -0.4 is 4.90 Å². The van der Waals surface area contributed by atoms with E-state index in [0.717, 1.165) is 0 Å². The van der Waals surface area contributed by atoms with Crippen LogP contribution in [-0.2, 0) is 23.9 Å². The van der Waals surface area contributed by atoms with Crippen molar-refractivity contribution in [3.63, 3.8) is 0 Å². The molecular weight excluding hydrogens is 316 g/mol. The van der Waals surface area contributed by atoms with Crippen LogP contribution in [0.1, 0.15) is 23.2 Å². The number of hydrogen-bond donors (Lipinski definition) is 0. The van der Waals surface area contributed by atoms with Crippen LogP contribution in [0.4, 0.5) is 5.69 Å². The highest BCUT2D eigenvalue weighted by Gasteiger charge is 2.60.